The Labute approximate surface area is 140 Å². The summed E-state index contributed by atoms with van der Waals surface area (Å²) < 4.78 is 10.7. The first-order valence-corrected chi connectivity index (χ1v) is 8.77. The Bertz CT molecular complexity index is 616. The molecule has 0 unspecified atom stereocenters. The van der Waals surface area contributed by atoms with Crippen molar-refractivity contribution in [2.45, 2.75) is 18.8 Å². The Kier molecular flexibility index (Phi) is 5.18. The summed E-state index contributed by atoms with van der Waals surface area (Å²) in [4.78, 5) is 14.2. The van der Waals surface area contributed by atoms with Crippen LogP contribution in [0, 0.1) is 0 Å². The standard InChI is InChI=1S/C18H21NO3S/c1-21-16-2-4-17(5-3-16)22-12-18(20)19-9-6-14(7-10-19)15-8-11-23-13-15/h2-5,8,11,13-14H,6-7,9-10,12H2,1H3. The number of carbonyl (C=O) groups excluding carboxylic acids is 1. The van der Waals surface area contributed by atoms with E-state index in [1.54, 1.807) is 18.4 Å². The lowest BCUT2D eigenvalue weighted by Gasteiger charge is -2.31. The second kappa shape index (κ2) is 7.51. The van der Waals surface area contributed by atoms with Crippen molar-refractivity contribution in [3.63, 3.8) is 0 Å². The fourth-order valence-corrected chi connectivity index (χ4v) is 3.62. The van der Waals surface area contributed by atoms with Crippen LogP contribution in [0.5, 0.6) is 11.5 Å². The van der Waals surface area contributed by atoms with Gasteiger partial charge in [-0.3, -0.25) is 4.79 Å². The zero-order valence-electron chi connectivity index (χ0n) is 13.2. The number of thiophene rings is 1. The van der Waals surface area contributed by atoms with Crippen molar-refractivity contribution in [1.29, 1.82) is 0 Å². The van der Waals surface area contributed by atoms with Gasteiger partial charge in [0.05, 0.1) is 7.11 Å². The van der Waals surface area contributed by atoms with Gasteiger partial charge in [0.25, 0.3) is 5.91 Å². The van der Waals surface area contributed by atoms with E-state index < -0.39 is 0 Å². The van der Waals surface area contributed by atoms with Gasteiger partial charge in [0.15, 0.2) is 6.61 Å². The van der Waals surface area contributed by atoms with Crippen LogP contribution in [0.1, 0.15) is 24.3 Å². The summed E-state index contributed by atoms with van der Waals surface area (Å²) in [5.74, 6) is 2.11. The Hall–Kier alpha value is -2.01. The number of nitrogens with zero attached hydrogens (tertiary/aromatic N) is 1. The zero-order valence-corrected chi connectivity index (χ0v) is 14.1. The van der Waals surface area contributed by atoms with E-state index in [0.717, 1.165) is 31.7 Å². The molecule has 122 valence electrons. The molecule has 0 atom stereocenters. The molecule has 0 saturated carbocycles. The molecule has 1 aromatic carbocycles. The third-order valence-electron chi connectivity index (χ3n) is 4.28. The number of ether oxygens (including phenoxy) is 2. The molecule has 1 aliphatic heterocycles. The topological polar surface area (TPSA) is 38.8 Å². The van der Waals surface area contributed by atoms with Crippen LogP contribution in [-0.2, 0) is 4.79 Å². The summed E-state index contributed by atoms with van der Waals surface area (Å²) in [6.45, 7) is 1.71. The maximum absolute atomic E-state index is 12.3. The third-order valence-corrected chi connectivity index (χ3v) is 4.99. The number of amides is 1. The largest absolute Gasteiger partial charge is 0.497 e. The average molecular weight is 331 g/mol. The predicted octanol–water partition coefficient (Wildman–Crippen LogP) is 3.54. The minimum atomic E-state index is 0.0598. The highest BCUT2D eigenvalue weighted by Crippen LogP contribution is 2.29. The molecule has 2 heterocycles. The van der Waals surface area contributed by atoms with Crippen molar-refractivity contribution >= 4 is 17.2 Å². The number of methoxy groups -OCH3 is 1. The van der Waals surface area contributed by atoms with Crippen LogP contribution in [0.15, 0.2) is 41.1 Å². The quantitative estimate of drug-likeness (QED) is 0.841. The van der Waals surface area contributed by atoms with E-state index in [1.165, 1.54) is 5.56 Å². The fraction of sp³-hybridized carbons (Fsp3) is 0.389. The van der Waals surface area contributed by atoms with E-state index in [2.05, 4.69) is 16.8 Å². The molecule has 2 aromatic rings. The van der Waals surface area contributed by atoms with Crippen LogP contribution in [-0.4, -0.2) is 37.6 Å². The Morgan fingerprint density at radius 3 is 2.48 bits per heavy atom. The number of benzene rings is 1. The van der Waals surface area contributed by atoms with Gasteiger partial charge in [0.2, 0.25) is 0 Å². The van der Waals surface area contributed by atoms with Crippen molar-refractivity contribution < 1.29 is 14.3 Å². The van der Waals surface area contributed by atoms with Crippen LogP contribution in [0.3, 0.4) is 0 Å². The van der Waals surface area contributed by atoms with Gasteiger partial charge in [-0.15, -0.1) is 0 Å². The minimum absolute atomic E-state index is 0.0598. The predicted molar refractivity (Wildman–Crippen MR) is 91.4 cm³/mol. The van der Waals surface area contributed by atoms with Crippen molar-refractivity contribution in [1.82, 2.24) is 4.90 Å². The van der Waals surface area contributed by atoms with E-state index >= 15 is 0 Å². The molecule has 4 nitrogen and oxygen atoms in total. The van der Waals surface area contributed by atoms with Gasteiger partial charge in [-0.05, 0) is 65.4 Å². The highest BCUT2D eigenvalue weighted by molar-refractivity contribution is 7.07. The van der Waals surface area contributed by atoms with Crippen LogP contribution in [0.2, 0.25) is 0 Å². The van der Waals surface area contributed by atoms with Crippen molar-refractivity contribution in [2.75, 3.05) is 26.8 Å². The van der Waals surface area contributed by atoms with Crippen molar-refractivity contribution in [2.24, 2.45) is 0 Å². The summed E-state index contributed by atoms with van der Waals surface area (Å²) in [5.41, 5.74) is 1.41. The molecular formula is C18H21NO3S. The van der Waals surface area contributed by atoms with Gasteiger partial charge in [-0.25, -0.2) is 0 Å². The van der Waals surface area contributed by atoms with Crippen molar-refractivity contribution in [3.8, 4) is 11.5 Å². The fourth-order valence-electron chi connectivity index (χ4n) is 2.88. The van der Waals surface area contributed by atoms with Gasteiger partial charge in [-0.2, -0.15) is 11.3 Å². The molecule has 1 aromatic heterocycles. The Balaban J connectivity index is 1.45. The molecule has 1 aliphatic rings. The van der Waals surface area contributed by atoms with E-state index in [1.807, 2.05) is 29.2 Å². The minimum Gasteiger partial charge on any atom is -0.497 e. The maximum Gasteiger partial charge on any atom is 0.260 e. The van der Waals surface area contributed by atoms with Gasteiger partial charge in [0.1, 0.15) is 11.5 Å². The highest BCUT2D eigenvalue weighted by Gasteiger charge is 2.24. The number of piperidine rings is 1. The molecule has 1 amide bonds. The molecule has 23 heavy (non-hydrogen) atoms. The van der Waals surface area contributed by atoms with Gasteiger partial charge in [0, 0.05) is 13.1 Å². The molecule has 1 saturated heterocycles. The molecule has 0 radical (unpaired) electrons. The number of hydrogen-bond acceptors (Lipinski definition) is 4. The number of rotatable bonds is 5. The monoisotopic (exact) mass is 331 g/mol. The SMILES string of the molecule is COc1ccc(OCC(=O)N2CCC(c3ccsc3)CC2)cc1. The second-order valence-electron chi connectivity index (χ2n) is 5.68. The lowest BCUT2D eigenvalue weighted by molar-refractivity contribution is -0.134. The molecule has 1 fully saturated rings. The first-order chi connectivity index (χ1) is 11.3. The number of carbonyl (C=O) groups is 1. The average Bonchev–Trinajstić information content (AvgIpc) is 3.15. The van der Waals surface area contributed by atoms with Gasteiger partial charge < -0.3 is 14.4 Å². The van der Waals surface area contributed by atoms with Crippen molar-refractivity contribution in [3.05, 3.63) is 46.7 Å². The molecular weight excluding hydrogens is 310 g/mol. The van der Waals surface area contributed by atoms with Crippen LogP contribution in [0.25, 0.3) is 0 Å². The summed E-state index contributed by atoms with van der Waals surface area (Å²) in [5, 5.41) is 4.34. The maximum atomic E-state index is 12.3. The van der Waals surface area contributed by atoms with Crippen LogP contribution < -0.4 is 9.47 Å². The second-order valence-corrected chi connectivity index (χ2v) is 6.46. The summed E-state index contributed by atoms with van der Waals surface area (Å²) >= 11 is 1.74. The lowest BCUT2D eigenvalue weighted by atomic mass is 9.91. The number of hydrogen-bond donors (Lipinski definition) is 0. The molecule has 5 heteroatoms. The van der Waals surface area contributed by atoms with Crippen LogP contribution >= 0.6 is 11.3 Å². The Morgan fingerprint density at radius 2 is 1.87 bits per heavy atom. The molecule has 0 aliphatic carbocycles. The lowest BCUT2D eigenvalue weighted by Crippen LogP contribution is -2.40. The Morgan fingerprint density at radius 1 is 1.17 bits per heavy atom. The van der Waals surface area contributed by atoms with E-state index in [9.17, 15) is 4.79 Å². The van der Waals surface area contributed by atoms with Crippen LogP contribution in [0.4, 0.5) is 0 Å². The summed E-state index contributed by atoms with van der Waals surface area (Å²) in [6.07, 6.45) is 2.07. The first-order valence-electron chi connectivity index (χ1n) is 7.83. The summed E-state index contributed by atoms with van der Waals surface area (Å²) in [7, 11) is 1.62. The highest BCUT2D eigenvalue weighted by atomic mass is 32.1. The third kappa shape index (κ3) is 4.05. The molecule has 0 bridgehead atoms. The molecule has 3 rings (SSSR count). The normalized spacial score (nSPS) is 15.4. The van der Waals surface area contributed by atoms with E-state index in [-0.39, 0.29) is 12.5 Å². The number of likely N-dealkylation sites (tertiary alicyclic amines) is 1. The van der Waals surface area contributed by atoms with E-state index in [4.69, 9.17) is 9.47 Å². The smallest absolute Gasteiger partial charge is 0.260 e. The van der Waals surface area contributed by atoms with E-state index in [0.29, 0.717) is 11.7 Å². The molecule has 0 N–H and O–H groups in total. The first kappa shape index (κ1) is 15.9. The zero-order chi connectivity index (χ0) is 16.1. The van der Waals surface area contributed by atoms with Gasteiger partial charge >= 0.3 is 0 Å². The van der Waals surface area contributed by atoms with Gasteiger partial charge in [-0.1, -0.05) is 0 Å². The molecule has 0 spiro atoms. The summed E-state index contributed by atoms with van der Waals surface area (Å²) in [6, 6.07) is 9.47.